The number of nitrogens with one attached hydrogen (secondary N) is 1. The average Bonchev–Trinajstić information content (AvgIpc) is 2.73. The molecule has 29 heavy (non-hydrogen) atoms. The number of amides is 1. The Kier molecular flexibility index (Phi) is 6.08. The van der Waals surface area contributed by atoms with Gasteiger partial charge >= 0.3 is 5.97 Å². The van der Waals surface area contributed by atoms with Gasteiger partial charge in [-0.2, -0.15) is 0 Å². The lowest BCUT2D eigenvalue weighted by molar-refractivity contribution is -0.385. The first-order chi connectivity index (χ1) is 13.9. The third kappa shape index (κ3) is 4.52. The monoisotopic (exact) mass is 399 g/mol. The standard InChI is InChI=1S/C20H21N3O6/c1-13-11-14(3-5-17(13)23(26)27)19(24)21-16-12-15(20(25)28-2)4-6-18(16)22-7-9-29-10-8-22/h3-6,11-12H,7-10H2,1-2H3,(H,21,24). The van der Waals surface area contributed by atoms with Crippen LogP contribution in [0.1, 0.15) is 26.3 Å². The highest BCUT2D eigenvalue weighted by Crippen LogP contribution is 2.29. The Hall–Kier alpha value is -3.46. The van der Waals surface area contributed by atoms with Crippen LogP contribution >= 0.6 is 0 Å². The van der Waals surface area contributed by atoms with E-state index >= 15 is 0 Å². The Labute approximate surface area is 167 Å². The molecule has 1 amide bonds. The van der Waals surface area contributed by atoms with Crippen LogP contribution in [0.3, 0.4) is 0 Å². The van der Waals surface area contributed by atoms with Crippen LogP contribution in [0, 0.1) is 17.0 Å². The highest BCUT2D eigenvalue weighted by molar-refractivity contribution is 6.07. The Morgan fingerprint density at radius 3 is 2.45 bits per heavy atom. The smallest absolute Gasteiger partial charge is 0.337 e. The minimum absolute atomic E-state index is 0.0526. The third-order valence-electron chi connectivity index (χ3n) is 4.67. The number of nitro benzene ring substituents is 1. The number of ether oxygens (including phenoxy) is 2. The SMILES string of the molecule is COC(=O)c1ccc(N2CCOCC2)c(NC(=O)c2ccc([N+](=O)[O-])c(C)c2)c1. The van der Waals surface area contributed by atoms with Crippen LogP contribution in [0.25, 0.3) is 0 Å². The number of carbonyl (C=O) groups is 2. The van der Waals surface area contributed by atoms with Crippen LogP contribution in [0.15, 0.2) is 36.4 Å². The molecule has 0 aromatic heterocycles. The predicted molar refractivity (Wildman–Crippen MR) is 107 cm³/mol. The molecule has 9 nitrogen and oxygen atoms in total. The fourth-order valence-electron chi connectivity index (χ4n) is 3.16. The van der Waals surface area contributed by atoms with E-state index in [0.717, 1.165) is 5.69 Å². The lowest BCUT2D eigenvalue weighted by Crippen LogP contribution is -2.36. The minimum atomic E-state index is -0.514. The summed E-state index contributed by atoms with van der Waals surface area (Å²) in [7, 11) is 1.29. The number of aryl methyl sites for hydroxylation is 1. The van der Waals surface area contributed by atoms with Gasteiger partial charge in [0, 0.05) is 30.3 Å². The predicted octanol–water partition coefficient (Wildman–Crippen LogP) is 2.78. The Morgan fingerprint density at radius 2 is 1.83 bits per heavy atom. The number of carbonyl (C=O) groups excluding carboxylic acids is 2. The van der Waals surface area contributed by atoms with Gasteiger partial charge in [-0.1, -0.05) is 0 Å². The van der Waals surface area contributed by atoms with Crippen molar-refractivity contribution in [1.29, 1.82) is 0 Å². The van der Waals surface area contributed by atoms with Crippen molar-refractivity contribution in [2.24, 2.45) is 0 Å². The zero-order chi connectivity index (χ0) is 21.0. The van der Waals surface area contributed by atoms with E-state index in [2.05, 4.69) is 10.2 Å². The van der Waals surface area contributed by atoms with Crippen molar-refractivity contribution >= 4 is 28.9 Å². The van der Waals surface area contributed by atoms with Crippen LogP contribution in [0.4, 0.5) is 17.1 Å². The van der Waals surface area contributed by atoms with Crippen LogP contribution in [-0.2, 0) is 9.47 Å². The summed E-state index contributed by atoms with van der Waals surface area (Å²) in [5.41, 5.74) is 2.13. The van der Waals surface area contributed by atoms with Gasteiger partial charge in [-0.3, -0.25) is 14.9 Å². The lowest BCUT2D eigenvalue weighted by Gasteiger charge is -2.30. The van der Waals surface area contributed by atoms with Crippen molar-refractivity contribution in [1.82, 2.24) is 0 Å². The summed E-state index contributed by atoms with van der Waals surface area (Å²) >= 11 is 0. The summed E-state index contributed by atoms with van der Waals surface area (Å²) in [6.45, 7) is 4.00. The Balaban J connectivity index is 1.92. The number of hydrogen-bond donors (Lipinski definition) is 1. The number of nitrogens with zero attached hydrogens (tertiary/aromatic N) is 2. The Bertz CT molecular complexity index is 953. The molecule has 2 aromatic carbocycles. The molecule has 0 bridgehead atoms. The molecule has 3 rings (SSSR count). The minimum Gasteiger partial charge on any atom is -0.465 e. The fourth-order valence-corrected chi connectivity index (χ4v) is 3.16. The van der Waals surface area contributed by atoms with Crippen molar-refractivity contribution in [2.75, 3.05) is 43.6 Å². The number of hydrogen-bond acceptors (Lipinski definition) is 7. The lowest BCUT2D eigenvalue weighted by atomic mass is 10.1. The maximum atomic E-state index is 12.8. The third-order valence-corrected chi connectivity index (χ3v) is 4.67. The number of morpholine rings is 1. The van der Waals surface area contributed by atoms with Gasteiger partial charge in [0.15, 0.2) is 0 Å². The van der Waals surface area contributed by atoms with E-state index in [4.69, 9.17) is 9.47 Å². The zero-order valence-corrected chi connectivity index (χ0v) is 16.1. The van der Waals surface area contributed by atoms with E-state index in [9.17, 15) is 19.7 Å². The molecular formula is C20H21N3O6. The van der Waals surface area contributed by atoms with Crippen molar-refractivity contribution < 1.29 is 24.0 Å². The second-order valence-electron chi connectivity index (χ2n) is 6.54. The van der Waals surface area contributed by atoms with Gasteiger partial charge in [0.25, 0.3) is 11.6 Å². The first kappa shape index (κ1) is 20.3. The van der Waals surface area contributed by atoms with Crippen LogP contribution < -0.4 is 10.2 Å². The van der Waals surface area contributed by atoms with Gasteiger partial charge in [0.2, 0.25) is 0 Å². The second kappa shape index (κ2) is 8.70. The molecule has 2 aromatic rings. The van der Waals surface area contributed by atoms with Gasteiger partial charge in [-0.05, 0) is 37.3 Å². The summed E-state index contributed by atoms with van der Waals surface area (Å²) in [6, 6.07) is 9.13. The second-order valence-corrected chi connectivity index (χ2v) is 6.54. The van der Waals surface area contributed by atoms with Gasteiger partial charge in [0.1, 0.15) is 0 Å². The van der Waals surface area contributed by atoms with Gasteiger partial charge in [-0.25, -0.2) is 4.79 Å². The fraction of sp³-hybridized carbons (Fsp3) is 0.300. The summed E-state index contributed by atoms with van der Waals surface area (Å²) in [5, 5.41) is 13.8. The maximum Gasteiger partial charge on any atom is 0.337 e. The summed E-state index contributed by atoms with van der Waals surface area (Å²) in [4.78, 5) is 37.3. The molecule has 1 saturated heterocycles. The molecule has 1 aliphatic heterocycles. The maximum absolute atomic E-state index is 12.8. The number of nitro groups is 1. The number of esters is 1. The van der Waals surface area contributed by atoms with Crippen molar-refractivity contribution in [2.45, 2.75) is 6.92 Å². The number of methoxy groups -OCH3 is 1. The van der Waals surface area contributed by atoms with E-state index in [1.54, 1.807) is 25.1 Å². The molecule has 0 aliphatic carbocycles. The van der Waals surface area contributed by atoms with Crippen LogP contribution in [-0.4, -0.2) is 50.2 Å². The van der Waals surface area contributed by atoms with Crippen molar-refractivity contribution in [3.63, 3.8) is 0 Å². The van der Waals surface area contributed by atoms with E-state index in [-0.39, 0.29) is 11.3 Å². The topological polar surface area (TPSA) is 111 Å². The molecule has 0 saturated carbocycles. The molecule has 1 aliphatic rings. The van der Waals surface area contributed by atoms with Crippen LogP contribution in [0.2, 0.25) is 0 Å². The molecule has 0 radical (unpaired) electrons. The van der Waals surface area contributed by atoms with Gasteiger partial charge in [-0.15, -0.1) is 0 Å². The van der Waals surface area contributed by atoms with Gasteiger partial charge < -0.3 is 19.7 Å². The normalized spacial score (nSPS) is 13.7. The molecule has 0 spiro atoms. The van der Waals surface area contributed by atoms with Crippen molar-refractivity contribution in [3.05, 3.63) is 63.2 Å². The van der Waals surface area contributed by atoms with Crippen LogP contribution in [0.5, 0.6) is 0 Å². The highest BCUT2D eigenvalue weighted by Gasteiger charge is 2.20. The van der Waals surface area contributed by atoms with Gasteiger partial charge in [0.05, 0.1) is 42.2 Å². The molecule has 0 atom stereocenters. The molecule has 9 heteroatoms. The largest absolute Gasteiger partial charge is 0.465 e. The first-order valence-electron chi connectivity index (χ1n) is 9.02. The quantitative estimate of drug-likeness (QED) is 0.467. The number of benzene rings is 2. The summed E-state index contributed by atoms with van der Waals surface area (Å²) in [6.07, 6.45) is 0. The van der Waals surface area contributed by atoms with E-state index in [1.165, 1.54) is 25.3 Å². The number of rotatable bonds is 5. The molecule has 1 fully saturated rings. The summed E-state index contributed by atoms with van der Waals surface area (Å²) < 4.78 is 10.1. The van der Waals surface area contributed by atoms with E-state index in [1.807, 2.05) is 0 Å². The summed E-state index contributed by atoms with van der Waals surface area (Å²) in [5.74, 6) is -0.945. The average molecular weight is 399 g/mol. The molecule has 1 heterocycles. The van der Waals surface area contributed by atoms with E-state index in [0.29, 0.717) is 43.1 Å². The van der Waals surface area contributed by atoms with Crippen molar-refractivity contribution in [3.8, 4) is 0 Å². The number of anilines is 2. The first-order valence-corrected chi connectivity index (χ1v) is 9.02. The molecule has 0 unspecified atom stereocenters. The zero-order valence-electron chi connectivity index (χ0n) is 16.1. The molecule has 1 N–H and O–H groups in total. The molecule has 152 valence electrons. The highest BCUT2D eigenvalue weighted by atomic mass is 16.6. The molecular weight excluding hydrogens is 378 g/mol. The Morgan fingerprint density at radius 1 is 1.14 bits per heavy atom. The van der Waals surface area contributed by atoms with E-state index < -0.39 is 16.8 Å².